The quantitative estimate of drug-likeness (QED) is 0.871. The van der Waals surface area contributed by atoms with Gasteiger partial charge in [0.1, 0.15) is 0 Å². The Hall–Kier alpha value is -0.900. The summed E-state index contributed by atoms with van der Waals surface area (Å²) in [6.07, 6.45) is 1.23. The van der Waals surface area contributed by atoms with Gasteiger partial charge in [0.25, 0.3) is 0 Å². The summed E-state index contributed by atoms with van der Waals surface area (Å²) >= 11 is 0. The highest BCUT2D eigenvalue weighted by Crippen LogP contribution is 2.27. The lowest BCUT2D eigenvalue weighted by Gasteiger charge is -2.44. The molecular weight excluding hydrogens is 260 g/mol. The first kappa shape index (κ1) is 16.5. The van der Waals surface area contributed by atoms with Crippen LogP contribution >= 0.6 is 0 Å². The van der Waals surface area contributed by atoms with Crippen molar-refractivity contribution in [2.75, 3.05) is 26.8 Å². The lowest BCUT2D eigenvalue weighted by atomic mass is 9.95. The second kappa shape index (κ2) is 7.92. The number of hydrogen-bond acceptors (Lipinski definition) is 3. The fourth-order valence-corrected chi connectivity index (χ4v) is 3.38. The SMILES string of the molecule is COCC(C)N1CC(CC(C)C)NCC1c1ccccc1. The van der Waals surface area contributed by atoms with Crippen LogP contribution in [0.2, 0.25) is 0 Å². The van der Waals surface area contributed by atoms with E-state index in [2.05, 4.69) is 61.3 Å². The molecular formula is C18H30N2O. The van der Waals surface area contributed by atoms with Gasteiger partial charge >= 0.3 is 0 Å². The number of nitrogens with one attached hydrogen (secondary N) is 1. The molecule has 1 N–H and O–H groups in total. The molecule has 3 nitrogen and oxygen atoms in total. The van der Waals surface area contributed by atoms with Crippen LogP contribution in [-0.4, -0.2) is 43.8 Å². The summed E-state index contributed by atoms with van der Waals surface area (Å²) in [7, 11) is 1.79. The summed E-state index contributed by atoms with van der Waals surface area (Å²) in [6.45, 7) is 9.79. The van der Waals surface area contributed by atoms with Gasteiger partial charge in [-0.1, -0.05) is 44.2 Å². The van der Waals surface area contributed by atoms with Crippen molar-refractivity contribution in [1.82, 2.24) is 10.2 Å². The number of piperazine rings is 1. The molecule has 0 aromatic heterocycles. The number of ether oxygens (including phenoxy) is 1. The molecule has 0 amide bonds. The fourth-order valence-electron chi connectivity index (χ4n) is 3.38. The molecule has 1 aliphatic heterocycles. The average Bonchev–Trinajstić information content (AvgIpc) is 2.48. The zero-order valence-electron chi connectivity index (χ0n) is 13.9. The van der Waals surface area contributed by atoms with Gasteiger partial charge in [-0.05, 0) is 24.8 Å². The van der Waals surface area contributed by atoms with Gasteiger partial charge in [0.05, 0.1) is 6.61 Å². The Labute approximate surface area is 129 Å². The van der Waals surface area contributed by atoms with Crippen LogP contribution in [0.25, 0.3) is 0 Å². The van der Waals surface area contributed by atoms with E-state index in [1.54, 1.807) is 7.11 Å². The molecule has 1 aliphatic rings. The average molecular weight is 290 g/mol. The monoisotopic (exact) mass is 290 g/mol. The third-order valence-electron chi connectivity index (χ3n) is 4.35. The van der Waals surface area contributed by atoms with E-state index in [9.17, 15) is 0 Å². The molecule has 1 fully saturated rings. The Morgan fingerprint density at radius 1 is 1.24 bits per heavy atom. The third-order valence-corrected chi connectivity index (χ3v) is 4.35. The first-order valence-electron chi connectivity index (χ1n) is 8.14. The first-order chi connectivity index (χ1) is 10.1. The van der Waals surface area contributed by atoms with Gasteiger partial charge < -0.3 is 10.1 Å². The van der Waals surface area contributed by atoms with E-state index in [4.69, 9.17) is 4.74 Å². The molecule has 21 heavy (non-hydrogen) atoms. The van der Waals surface area contributed by atoms with Gasteiger partial charge in [-0.25, -0.2) is 0 Å². The van der Waals surface area contributed by atoms with Crippen LogP contribution in [0.4, 0.5) is 0 Å². The van der Waals surface area contributed by atoms with Crippen LogP contribution in [0.3, 0.4) is 0 Å². The number of nitrogens with zero attached hydrogens (tertiary/aromatic N) is 1. The predicted octanol–water partition coefficient (Wildman–Crippen LogP) is 3.08. The molecule has 1 aromatic carbocycles. The third kappa shape index (κ3) is 4.53. The molecule has 0 aliphatic carbocycles. The molecule has 3 atom stereocenters. The van der Waals surface area contributed by atoms with Crippen molar-refractivity contribution in [2.24, 2.45) is 5.92 Å². The molecule has 118 valence electrons. The van der Waals surface area contributed by atoms with Crippen LogP contribution in [0, 0.1) is 5.92 Å². The Morgan fingerprint density at radius 2 is 1.95 bits per heavy atom. The number of benzene rings is 1. The smallest absolute Gasteiger partial charge is 0.0615 e. The van der Waals surface area contributed by atoms with E-state index in [1.807, 2.05) is 0 Å². The largest absolute Gasteiger partial charge is 0.383 e. The van der Waals surface area contributed by atoms with E-state index in [1.165, 1.54) is 12.0 Å². The van der Waals surface area contributed by atoms with E-state index in [-0.39, 0.29) is 0 Å². The maximum atomic E-state index is 5.40. The maximum Gasteiger partial charge on any atom is 0.0615 e. The minimum absolute atomic E-state index is 0.442. The Bertz CT molecular complexity index is 407. The molecule has 3 unspecified atom stereocenters. The van der Waals surface area contributed by atoms with Gasteiger partial charge in [-0.3, -0.25) is 4.90 Å². The van der Waals surface area contributed by atoms with E-state index >= 15 is 0 Å². The summed E-state index contributed by atoms with van der Waals surface area (Å²) in [5.41, 5.74) is 1.40. The zero-order chi connectivity index (χ0) is 15.2. The predicted molar refractivity (Wildman–Crippen MR) is 88.5 cm³/mol. The van der Waals surface area contributed by atoms with Gasteiger partial charge in [0.15, 0.2) is 0 Å². The molecule has 1 saturated heterocycles. The normalized spacial score (nSPS) is 25.2. The first-order valence-corrected chi connectivity index (χ1v) is 8.14. The highest BCUT2D eigenvalue weighted by molar-refractivity contribution is 5.20. The summed E-state index contributed by atoms with van der Waals surface area (Å²) in [5, 5.41) is 3.74. The molecule has 0 saturated carbocycles. The van der Waals surface area contributed by atoms with Crippen molar-refractivity contribution in [2.45, 2.75) is 45.3 Å². The van der Waals surface area contributed by atoms with E-state index in [0.717, 1.165) is 25.6 Å². The second-order valence-corrected chi connectivity index (χ2v) is 6.66. The highest BCUT2D eigenvalue weighted by atomic mass is 16.5. The van der Waals surface area contributed by atoms with Crippen molar-refractivity contribution in [3.63, 3.8) is 0 Å². The highest BCUT2D eigenvalue weighted by Gasteiger charge is 2.32. The van der Waals surface area contributed by atoms with Gasteiger partial charge in [0, 0.05) is 38.3 Å². The van der Waals surface area contributed by atoms with Crippen molar-refractivity contribution >= 4 is 0 Å². The maximum absolute atomic E-state index is 5.40. The standard InChI is InChI=1S/C18H30N2O/c1-14(2)10-17-12-20(15(3)13-21-4)18(11-19-17)16-8-6-5-7-9-16/h5-9,14-15,17-19H,10-13H2,1-4H3. The molecule has 1 heterocycles. The number of hydrogen-bond donors (Lipinski definition) is 1. The summed E-state index contributed by atoms with van der Waals surface area (Å²) in [5.74, 6) is 0.732. The van der Waals surface area contributed by atoms with Gasteiger partial charge in [-0.15, -0.1) is 0 Å². The van der Waals surface area contributed by atoms with E-state index < -0.39 is 0 Å². The van der Waals surface area contributed by atoms with Crippen LogP contribution in [-0.2, 0) is 4.74 Å². The molecule has 3 heteroatoms. The molecule has 0 spiro atoms. The zero-order valence-corrected chi connectivity index (χ0v) is 13.9. The molecule has 2 rings (SSSR count). The van der Waals surface area contributed by atoms with Crippen LogP contribution < -0.4 is 5.32 Å². The van der Waals surface area contributed by atoms with Crippen molar-refractivity contribution in [1.29, 1.82) is 0 Å². The van der Waals surface area contributed by atoms with Crippen LogP contribution in [0.1, 0.15) is 38.8 Å². The lowest BCUT2D eigenvalue weighted by Crippen LogP contribution is -2.56. The van der Waals surface area contributed by atoms with Crippen molar-refractivity contribution < 1.29 is 4.74 Å². The second-order valence-electron chi connectivity index (χ2n) is 6.66. The van der Waals surface area contributed by atoms with Gasteiger partial charge in [-0.2, -0.15) is 0 Å². The van der Waals surface area contributed by atoms with Gasteiger partial charge in [0.2, 0.25) is 0 Å². The fraction of sp³-hybridized carbons (Fsp3) is 0.667. The summed E-state index contributed by atoms with van der Waals surface area (Å²) in [4.78, 5) is 2.61. The Kier molecular flexibility index (Phi) is 6.22. The Morgan fingerprint density at radius 3 is 2.57 bits per heavy atom. The number of methoxy groups -OCH3 is 1. The molecule has 0 bridgehead atoms. The summed E-state index contributed by atoms with van der Waals surface area (Å²) in [6, 6.07) is 12.3. The number of rotatable bonds is 6. The van der Waals surface area contributed by atoms with Crippen molar-refractivity contribution in [3.05, 3.63) is 35.9 Å². The van der Waals surface area contributed by atoms with Crippen LogP contribution in [0.5, 0.6) is 0 Å². The lowest BCUT2D eigenvalue weighted by molar-refractivity contribution is 0.0375. The molecule has 1 aromatic rings. The van der Waals surface area contributed by atoms with E-state index in [0.29, 0.717) is 18.1 Å². The molecule has 0 radical (unpaired) electrons. The summed E-state index contributed by atoms with van der Waals surface area (Å²) < 4.78 is 5.40. The van der Waals surface area contributed by atoms with Crippen molar-refractivity contribution in [3.8, 4) is 0 Å². The van der Waals surface area contributed by atoms with Crippen LogP contribution in [0.15, 0.2) is 30.3 Å². The minimum atomic E-state index is 0.442. The topological polar surface area (TPSA) is 24.5 Å². The Balaban J connectivity index is 2.12. The minimum Gasteiger partial charge on any atom is -0.383 e.